The van der Waals surface area contributed by atoms with Gasteiger partial charge in [0.15, 0.2) is 5.79 Å². The highest BCUT2D eigenvalue weighted by molar-refractivity contribution is 6.31. The summed E-state index contributed by atoms with van der Waals surface area (Å²) in [6.45, 7) is 0.914. The van der Waals surface area contributed by atoms with Crippen LogP contribution in [0.1, 0.15) is 32.1 Å². The van der Waals surface area contributed by atoms with E-state index in [2.05, 4.69) is 10.6 Å². The molecule has 2 aliphatic rings. The summed E-state index contributed by atoms with van der Waals surface area (Å²) in [7, 11) is 1.54. The Hall–Kier alpha value is -1.50. The van der Waals surface area contributed by atoms with E-state index in [9.17, 15) is 4.79 Å². The lowest BCUT2D eigenvalue weighted by molar-refractivity contribution is -0.186. The van der Waals surface area contributed by atoms with Crippen molar-refractivity contribution in [3.05, 3.63) is 23.2 Å². The van der Waals surface area contributed by atoms with Crippen LogP contribution in [0.5, 0.6) is 5.75 Å². The first-order valence-electron chi connectivity index (χ1n) is 8.30. The van der Waals surface area contributed by atoms with Crippen LogP contribution in [0, 0.1) is 0 Å². The lowest BCUT2D eigenvalue weighted by Crippen LogP contribution is -2.38. The van der Waals surface area contributed by atoms with Crippen molar-refractivity contribution in [2.24, 2.45) is 0 Å². The van der Waals surface area contributed by atoms with E-state index in [1.165, 1.54) is 6.42 Å². The monoisotopic (exact) mass is 354 g/mol. The van der Waals surface area contributed by atoms with Gasteiger partial charge in [0, 0.05) is 24.4 Å². The molecular formula is C17H23ClN2O4. The second kappa shape index (κ2) is 7.59. The number of hydrogen-bond acceptors (Lipinski definition) is 4. The van der Waals surface area contributed by atoms with Gasteiger partial charge >= 0.3 is 6.03 Å². The van der Waals surface area contributed by atoms with Gasteiger partial charge < -0.3 is 24.8 Å². The van der Waals surface area contributed by atoms with Crippen LogP contribution in [0.25, 0.3) is 0 Å². The van der Waals surface area contributed by atoms with Crippen LogP contribution >= 0.6 is 11.6 Å². The van der Waals surface area contributed by atoms with Crippen molar-refractivity contribution in [2.75, 3.05) is 25.6 Å². The lowest BCUT2D eigenvalue weighted by Gasteiger charge is -2.31. The number of anilines is 1. The van der Waals surface area contributed by atoms with Crippen molar-refractivity contribution in [2.45, 2.75) is 44.0 Å². The zero-order valence-corrected chi connectivity index (χ0v) is 14.5. The SMILES string of the molecule is COc1ccc(Cl)cc1NC(=O)NC[C@H]1COC2(CCCCC2)O1. The van der Waals surface area contributed by atoms with Gasteiger partial charge in [-0.2, -0.15) is 0 Å². The van der Waals surface area contributed by atoms with Gasteiger partial charge in [0.1, 0.15) is 11.9 Å². The molecule has 0 bridgehead atoms. The van der Waals surface area contributed by atoms with Gasteiger partial charge in [0.25, 0.3) is 0 Å². The topological polar surface area (TPSA) is 68.8 Å². The molecule has 1 aromatic rings. The molecule has 0 radical (unpaired) electrons. The second-order valence-electron chi connectivity index (χ2n) is 6.20. The standard InChI is InChI=1S/C17H23ClN2O4/c1-22-15-6-5-12(18)9-14(15)20-16(21)19-10-13-11-23-17(24-13)7-3-2-4-8-17/h5-6,9,13H,2-4,7-8,10-11H2,1H3,(H2,19,20,21)/t13-/m0/s1. The Morgan fingerprint density at radius 1 is 1.38 bits per heavy atom. The van der Waals surface area contributed by atoms with E-state index < -0.39 is 5.79 Å². The Labute approximate surface area is 146 Å². The summed E-state index contributed by atoms with van der Waals surface area (Å²) in [5.41, 5.74) is 0.523. The van der Waals surface area contributed by atoms with Crippen LogP contribution in [0.4, 0.5) is 10.5 Å². The maximum Gasteiger partial charge on any atom is 0.319 e. The summed E-state index contributed by atoms with van der Waals surface area (Å²) in [5.74, 6) is 0.133. The fourth-order valence-electron chi connectivity index (χ4n) is 3.22. The molecule has 24 heavy (non-hydrogen) atoms. The fourth-order valence-corrected chi connectivity index (χ4v) is 3.39. The van der Waals surface area contributed by atoms with Crippen LogP contribution in [-0.2, 0) is 9.47 Å². The first-order chi connectivity index (χ1) is 11.6. The number of carbonyl (C=O) groups excluding carboxylic acids is 1. The molecule has 1 atom stereocenters. The number of methoxy groups -OCH3 is 1. The zero-order valence-electron chi connectivity index (χ0n) is 13.8. The predicted molar refractivity (Wildman–Crippen MR) is 91.7 cm³/mol. The van der Waals surface area contributed by atoms with Crippen molar-refractivity contribution in [1.29, 1.82) is 0 Å². The average Bonchev–Trinajstić information content (AvgIpc) is 2.96. The normalized spacial score (nSPS) is 22.3. The summed E-state index contributed by atoms with van der Waals surface area (Å²) < 4.78 is 17.1. The largest absolute Gasteiger partial charge is 0.495 e. The van der Waals surface area contributed by atoms with Crippen molar-refractivity contribution < 1.29 is 19.0 Å². The molecular weight excluding hydrogens is 332 g/mol. The number of ether oxygens (including phenoxy) is 3. The van der Waals surface area contributed by atoms with Crippen molar-refractivity contribution in [1.82, 2.24) is 5.32 Å². The summed E-state index contributed by atoms with van der Waals surface area (Å²) in [5, 5.41) is 6.08. The maximum atomic E-state index is 12.1. The number of hydrogen-bond donors (Lipinski definition) is 2. The number of urea groups is 1. The van der Waals surface area contributed by atoms with E-state index in [4.69, 9.17) is 25.8 Å². The van der Waals surface area contributed by atoms with Crippen LogP contribution in [0.2, 0.25) is 5.02 Å². The van der Waals surface area contributed by atoms with Gasteiger partial charge in [-0.05, 0) is 31.0 Å². The molecule has 3 rings (SSSR count). The summed E-state index contributed by atoms with van der Waals surface area (Å²) >= 11 is 5.96. The van der Waals surface area contributed by atoms with Gasteiger partial charge in [-0.1, -0.05) is 18.0 Å². The molecule has 1 heterocycles. The molecule has 132 valence electrons. The highest BCUT2D eigenvalue weighted by Crippen LogP contribution is 2.37. The summed E-state index contributed by atoms with van der Waals surface area (Å²) in [6, 6.07) is 4.73. The van der Waals surface area contributed by atoms with E-state index in [0.717, 1.165) is 25.7 Å². The minimum atomic E-state index is -0.419. The van der Waals surface area contributed by atoms with Crippen molar-refractivity contribution in [3.63, 3.8) is 0 Å². The van der Waals surface area contributed by atoms with E-state index in [-0.39, 0.29) is 12.1 Å². The van der Waals surface area contributed by atoms with E-state index >= 15 is 0 Å². The third-order valence-electron chi connectivity index (χ3n) is 4.43. The minimum Gasteiger partial charge on any atom is -0.495 e. The Morgan fingerprint density at radius 3 is 2.92 bits per heavy atom. The molecule has 1 saturated heterocycles. The first-order valence-corrected chi connectivity index (χ1v) is 8.68. The van der Waals surface area contributed by atoms with Crippen LogP contribution in [0.3, 0.4) is 0 Å². The molecule has 0 unspecified atom stereocenters. The number of carbonyl (C=O) groups is 1. The molecule has 1 spiro atoms. The predicted octanol–water partition coefficient (Wildman–Crippen LogP) is 3.55. The Bertz CT molecular complexity index is 590. The molecule has 1 aliphatic heterocycles. The molecule has 6 nitrogen and oxygen atoms in total. The molecule has 2 N–H and O–H groups in total. The minimum absolute atomic E-state index is 0.116. The Morgan fingerprint density at radius 2 is 2.17 bits per heavy atom. The van der Waals surface area contributed by atoms with Gasteiger partial charge in [-0.15, -0.1) is 0 Å². The highest BCUT2D eigenvalue weighted by Gasteiger charge is 2.42. The zero-order chi connectivity index (χ0) is 17.0. The summed E-state index contributed by atoms with van der Waals surface area (Å²) in [6.07, 6.45) is 5.27. The Kier molecular flexibility index (Phi) is 5.48. The van der Waals surface area contributed by atoms with Gasteiger partial charge in [0.2, 0.25) is 0 Å². The molecule has 7 heteroatoms. The number of nitrogens with one attached hydrogen (secondary N) is 2. The molecule has 2 fully saturated rings. The van der Waals surface area contributed by atoms with Crippen LogP contribution in [-0.4, -0.2) is 38.2 Å². The van der Waals surface area contributed by atoms with Gasteiger partial charge in [0.05, 0.1) is 19.4 Å². The third kappa shape index (κ3) is 4.12. The molecule has 0 aromatic heterocycles. The lowest BCUT2D eigenvalue weighted by atomic mass is 9.94. The smallest absolute Gasteiger partial charge is 0.319 e. The van der Waals surface area contributed by atoms with Crippen LogP contribution < -0.4 is 15.4 Å². The van der Waals surface area contributed by atoms with Gasteiger partial charge in [-0.3, -0.25) is 0 Å². The third-order valence-corrected chi connectivity index (χ3v) is 4.66. The summed E-state index contributed by atoms with van der Waals surface area (Å²) in [4.78, 5) is 12.1. The number of amides is 2. The van der Waals surface area contributed by atoms with Crippen molar-refractivity contribution in [3.8, 4) is 5.75 Å². The second-order valence-corrected chi connectivity index (χ2v) is 6.64. The molecule has 1 aliphatic carbocycles. The number of benzene rings is 1. The van der Waals surface area contributed by atoms with E-state index in [1.807, 2.05) is 0 Å². The van der Waals surface area contributed by atoms with Crippen molar-refractivity contribution >= 4 is 23.3 Å². The van der Waals surface area contributed by atoms with Gasteiger partial charge in [-0.25, -0.2) is 4.79 Å². The molecule has 1 aromatic carbocycles. The first kappa shape index (κ1) is 17.3. The van der Waals surface area contributed by atoms with E-state index in [0.29, 0.717) is 29.6 Å². The van der Waals surface area contributed by atoms with E-state index in [1.54, 1.807) is 25.3 Å². The molecule has 2 amide bonds. The van der Waals surface area contributed by atoms with Crippen LogP contribution in [0.15, 0.2) is 18.2 Å². The molecule has 1 saturated carbocycles. The quantitative estimate of drug-likeness (QED) is 0.867. The average molecular weight is 355 g/mol. The number of rotatable bonds is 4. The number of halogens is 1. The highest BCUT2D eigenvalue weighted by atomic mass is 35.5. The Balaban J connectivity index is 1.49. The maximum absolute atomic E-state index is 12.1. The fraction of sp³-hybridized carbons (Fsp3) is 0.588.